The summed E-state index contributed by atoms with van der Waals surface area (Å²) in [6.07, 6.45) is 3.93. The number of rotatable bonds is 4. The molecule has 0 atom stereocenters. The number of pyridine rings is 1. The zero-order valence-electron chi connectivity index (χ0n) is 19.4. The fourth-order valence-electron chi connectivity index (χ4n) is 4.47. The van der Waals surface area contributed by atoms with Gasteiger partial charge in [-0.3, -0.25) is 19.1 Å². The fourth-order valence-corrected chi connectivity index (χ4v) is 4.60. The van der Waals surface area contributed by atoms with Gasteiger partial charge in [-0.25, -0.2) is 4.98 Å². The molecule has 0 saturated carbocycles. The molecule has 1 aliphatic rings. The quantitative estimate of drug-likeness (QED) is 0.427. The van der Waals surface area contributed by atoms with Crippen LogP contribution in [0.4, 0.5) is 0 Å². The topological polar surface area (TPSA) is 72.1 Å². The van der Waals surface area contributed by atoms with Gasteiger partial charge < -0.3 is 4.90 Å². The first-order chi connectivity index (χ1) is 15.9. The summed E-state index contributed by atoms with van der Waals surface area (Å²) in [6, 6.07) is 9.40. The molecule has 1 amide bonds. The third-order valence-electron chi connectivity index (χ3n) is 6.16. The predicted octanol–water partition coefficient (Wildman–Crippen LogP) is 3.71. The van der Waals surface area contributed by atoms with Crippen LogP contribution in [-0.4, -0.2) is 66.4 Å². The van der Waals surface area contributed by atoms with Crippen molar-refractivity contribution in [2.45, 2.75) is 13.5 Å². The van der Waals surface area contributed by atoms with Crippen molar-refractivity contribution >= 4 is 40.9 Å². The maximum absolute atomic E-state index is 13.7. The molecule has 178 valence electrons. The van der Waals surface area contributed by atoms with Gasteiger partial charge in [0, 0.05) is 69.2 Å². The highest BCUT2D eigenvalue weighted by molar-refractivity contribution is 6.30. The van der Waals surface area contributed by atoms with Crippen LogP contribution in [0.1, 0.15) is 21.6 Å². The van der Waals surface area contributed by atoms with E-state index < -0.39 is 0 Å². The highest BCUT2D eigenvalue weighted by Gasteiger charge is 2.26. The molecule has 34 heavy (non-hydrogen) atoms. The first-order valence-electron chi connectivity index (χ1n) is 11.0. The second-order valence-electron chi connectivity index (χ2n) is 8.56. The van der Waals surface area contributed by atoms with Gasteiger partial charge in [-0.15, -0.1) is 12.4 Å². The summed E-state index contributed by atoms with van der Waals surface area (Å²) >= 11 is 6.07. The minimum absolute atomic E-state index is 0. The summed E-state index contributed by atoms with van der Waals surface area (Å²) in [6.45, 7) is 5.78. The van der Waals surface area contributed by atoms with Crippen molar-refractivity contribution in [3.05, 3.63) is 64.6 Å². The maximum Gasteiger partial charge on any atom is 0.254 e. The highest BCUT2D eigenvalue weighted by Crippen LogP contribution is 2.29. The molecule has 8 nitrogen and oxygen atoms in total. The molecule has 3 aromatic heterocycles. The molecule has 0 aliphatic carbocycles. The van der Waals surface area contributed by atoms with Crippen molar-refractivity contribution in [1.82, 2.24) is 34.3 Å². The number of nitrogens with zero attached hydrogens (tertiary/aromatic N) is 7. The van der Waals surface area contributed by atoms with Gasteiger partial charge in [-0.2, -0.15) is 10.2 Å². The lowest BCUT2D eigenvalue weighted by molar-refractivity contribution is 0.0630. The normalized spacial score (nSPS) is 14.4. The number of hydrogen-bond acceptors (Lipinski definition) is 5. The number of carbonyl (C=O) groups excluding carboxylic acids is 1. The second kappa shape index (κ2) is 9.74. The summed E-state index contributed by atoms with van der Waals surface area (Å²) in [7, 11) is 3.79. The smallest absolute Gasteiger partial charge is 0.254 e. The number of amides is 1. The molecule has 0 unspecified atom stereocenters. The average Bonchev–Trinajstić information content (AvgIpc) is 3.35. The van der Waals surface area contributed by atoms with Gasteiger partial charge in [0.15, 0.2) is 5.65 Å². The number of halogens is 2. The van der Waals surface area contributed by atoms with Gasteiger partial charge in [0.25, 0.3) is 5.91 Å². The van der Waals surface area contributed by atoms with Crippen molar-refractivity contribution in [1.29, 1.82) is 0 Å². The lowest BCUT2D eigenvalue weighted by Gasteiger charge is -2.34. The molecular formula is C24H27Cl2N7O. The van der Waals surface area contributed by atoms with E-state index in [1.54, 1.807) is 4.68 Å². The van der Waals surface area contributed by atoms with E-state index in [2.05, 4.69) is 15.1 Å². The third-order valence-corrected chi connectivity index (χ3v) is 6.42. The number of piperazine rings is 1. The zero-order chi connectivity index (χ0) is 23.1. The molecule has 1 saturated heterocycles. The van der Waals surface area contributed by atoms with Crippen molar-refractivity contribution < 1.29 is 4.79 Å². The van der Waals surface area contributed by atoms with Gasteiger partial charge in [0.1, 0.15) is 0 Å². The standard InChI is InChI=1S/C24H26ClN7O.ClH/c1-16-22-20(12-21(27-23(22)30(3)28-16)18-4-6-19(25)7-5-18)24(33)32-10-8-31(9-11-32)15-17-13-26-29(2)14-17;/h4-7,12-14H,8-11,15H2,1-3H3;1H. The average molecular weight is 500 g/mol. The minimum atomic E-state index is 0. The van der Waals surface area contributed by atoms with Crippen LogP contribution in [0.2, 0.25) is 5.02 Å². The van der Waals surface area contributed by atoms with Crippen LogP contribution in [-0.2, 0) is 20.6 Å². The summed E-state index contributed by atoms with van der Waals surface area (Å²) in [5, 5.41) is 10.3. The number of hydrogen-bond donors (Lipinski definition) is 0. The molecule has 0 radical (unpaired) electrons. The van der Waals surface area contributed by atoms with E-state index in [-0.39, 0.29) is 18.3 Å². The first-order valence-corrected chi connectivity index (χ1v) is 11.4. The van der Waals surface area contributed by atoms with Crippen LogP contribution in [0.15, 0.2) is 42.7 Å². The zero-order valence-corrected chi connectivity index (χ0v) is 21.0. The molecule has 4 aromatic rings. The highest BCUT2D eigenvalue weighted by atomic mass is 35.5. The van der Waals surface area contributed by atoms with Gasteiger partial charge in [-0.05, 0) is 25.1 Å². The largest absolute Gasteiger partial charge is 0.336 e. The predicted molar refractivity (Wildman–Crippen MR) is 135 cm³/mol. The number of aromatic nitrogens is 5. The minimum Gasteiger partial charge on any atom is -0.336 e. The van der Waals surface area contributed by atoms with E-state index in [4.69, 9.17) is 16.6 Å². The van der Waals surface area contributed by atoms with Crippen molar-refractivity contribution in [2.24, 2.45) is 14.1 Å². The van der Waals surface area contributed by atoms with Gasteiger partial charge in [-0.1, -0.05) is 23.7 Å². The molecule has 4 heterocycles. The molecule has 1 aliphatic heterocycles. The third kappa shape index (κ3) is 4.66. The first kappa shape index (κ1) is 24.2. The van der Waals surface area contributed by atoms with Crippen molar-refractivity contribution in [3.63, 3.8) is 0 Å². The Hall–Kier alpha value is -2.94. The van der Waals surface area contributed by atoms with E-state index in [1.165, 1.54) is 5.56 Å². The number of fused-ring (bicyclic) bond motifs is 1. The molecule has 0 N–H and O–H groups in total. The Morgan fingerprint density at radius 1 is 1.09 bits per heavy atom. The molecule has 1 fully saturated rings. The molecule has 5 rings (SSSR count). The monoisotopic (exact) mass is 499 g/mol. The SMILES string of the molecule is Cc1nn(C)c2nc(-c3ccc(Cl)cc3)cc(C(=O)N3CCN(Cc4cnn(C)c4)CC3)c12.Cl. The lowest BCUT2D eigenvalue weighted by Crippen LogP contribution is -2.48. The van der Waals surface area contributed by atoms with Crippen LogP contribution in [0.3, 0.4) is 0 Å². The van der Waals surface area contributed by atoms with E-state index in [0.29, 0.717) is 29.3 Å². The summed E-state index contributed by atoms with van der Waals surface area (Å²) in [4.78, 5) is 22.8. The summed E-state index contributed by atoms with van der Waals surface area (Å²) in [5.74, 6) is 0.0229. The van der Waals surface area contributed by atoms with Crippen molar-refractivity contribution in [2.75, 3.05) is 26.2 Å². The number of carbonyl (C=O) groups is 1. The van der Waals surface area contributed by atoms with Crippen LogP contribution in [0, 0.1) is 6.92 Å². The Kier molecular flexibility index (Phi) is 6.93. The van der Waals surface area contributed by atoms with E-state index >= 15 is 0 Å². The molecule has 10 heteroatoms. The van der Waals surface area contributed by atoms with Gasteiger partial charge in [0.2, 0.25) is 0 Å². The summed E-state index contributed by atoms with van der Waals surface area (Å²) < 4.78 is 3.56. The number of aryl methyl sites for hydroxylation is 3. The van der Waals surface area contributed by atoms with Crippen LogP contribution in [0.5, 0.6) is 0 Å². The Labute approximate surface area is 209 Å². The maximum atomic E-state index is 13.7. The second-order valence-corrected chi connectivity index (χ2v) is 9.00. The van der Waals surface area contributed by atoms with E-state index in [1.807, 2.05) is 73.3 Å². The molecule has 0 spiro atoms. The molecule has 1 aromatic carbocycles. The van der Waals surface area contributed by atoms with Gasteiger partial charge >= 0.3 is 0 Å². The van der Waals surface area contributed by atoms with Crippen molar-refractivity contribution in [3.8, 4) is 11.3 Å². The van der Waals surface area contributed by atoms with E-state index in [9.17, 15) is 4.79 Å². The number of benzene rings is 1. The fraction of sp³-hybridized carbons (Fsp3) is 0.333. The Morgan fingerprint density at radius 2 is 1.79 bits per heavy atom. The van der Waals surface area contributed by atoms with Crippen LogP contribution < -0.4 is 0 Å². The van der Waals surface area contributed by atoms with E-state index in [0.717, 1.165) is 42.0 Å². The van der Waals surface area contributed by atoms with Crippen LogP contribution >= 0.6 is 24.0 Å². The summed E-state index contributed by atoms with van der Waals surface area (Å²) in [5.41, 5.74) is 5.00. The Morgan fingerprint density at radius 3 is 2.44 bits per heavy atom. The molecule has 0 bridgehead atoms. The van der Waals surface area contributed by atoms with Gasteiger partial charge in [0.05, 0.1) is 28.5 Å². The van der Waals surface area contributed by atoms with Crippen LogP contribution in [0.25, 0.3) is 22.3 Å². The Bertz CT molecular complexity index is 1320. The lowest BCUT2D eigenvalue weighted by atomic mass is 10.0. The Balaban J connectivity index is 0.00000274. The molecular weight excluding hydrogens is 473 g/mol.